The fraction of sp³-hybridized carbons (Fsp3) is 0.667. The zero-order chi connectivity index (χ0) is 9.61. The van der Waals surface area contributed by atoms with E-state index in [4.69, 9.17) is 4.74 Å². The average molecular weight is 172 g/mol. The van der Waals surface area contributed by atoms with Gasteiger partial charge in [0.05, 0.1) is 27.4 Å². The molecule has 0 fully saturated rings. The van der Waals surface area contributed by atoms with Crippen LogP contribution in [0.3, 0.4) is 0 Å². The molecule has 0 saturated heterocycles. The highest BCUT2D eigenvalue weighted by Gasteiger charge is 2.04. The van der Waals surface area contributed by atoms with Gasteiger partial charge in [-0.3, -0.25) is 4.79 Å². The molecule has 0 N–H and O–H groups in total. The van der Waals surface area contributed by atoms with Crippen LogP contribution in [0.2, 0.25) is 0 Å². The quantitative estimate of drug-likeness (QED) is 0.202. The van der Waals surface area contributed by atoms with Crippen molar-refractivity contribution in [2.45, 2.75) is 6.92 Å². The largest absolute Gasteiger partial charge is 0.495 e. The highest BCUT2D eigenvalue weighted by Crippen LogP contribution is 1.92. The Morgan fingerprint density at radius 1 is 1.42 bits per heavy atom. The van der Waals surface area contributed by atoms with Crippen LogP contribution in [0, 0.1) is 0 Å². The number of aldehydes is 1. The van der Waals surface area contributed by atoms with Crippen molar-refractivity contribution in [2.75, 3.05) is 34.3 Å². The normalized spacial score (nSPS) is 12.8. The molecule has 0 heterocycles. The minimum absolute atomic E-state index is 0.622. The Kier molecular flexibility index (Phi) is 4.59. The molecule has 0 aromatic heterocycles. The van der Waals surface area contributed by atoms with Gasteiger partial charge in [-0.1, -0.05) is 0 Å². The first-order valence-corrected chi connectivity index (χ1v) is 4.00. The third-order valence-electron chi connectivity index (χ3n) is 1.34. The van der Waals surface area contributed by atoms with Crippen molar-refractivity contribution in [1.82, 2.24) is 0 Å². The molecule has 0 aromatic rings. The molecule has 0 bridgehead atoms. The second kappa shape index (κ2) is 4.93. The zero-order valence-electron chi connectivity index (χ0n) is 8.33. The molecule has 0 spiro atoms. The van der Waals surface area contributed by atoms with Gasteiger partial charge in [0.15, 0.2) is 0 Å². The minimum atomic E-state index is 0.622. The van der Waals surface area contributed by atoms with Crippen molar-refractivity contribution in [1.29, 1.82) is 0 Å². The van der Waals surface area contributed by atoms with Crippen LogP contribution in [0.15, 0.2) is 11.8 Å². The van der Waals surface area contributed by atoms with Crippen LogP contribution in [0.1, 0.15) is 6.92 Å². The van der Waals surface area contributed by atoms with Crippen molar-refractivity contribution in [3.05, 3.63) is 11.8 Å². The molecular formula is C9H18NO2+. The van der Waals surface area contributed by atoms with Gasteiger partial charge < -0.3 is 9.22 Å². The Labute approximate surface area is 74.2 Å². The first-order valence-electron chi connectivity index (χ1n) is 4.00. The molecule has 0 aromatic carbocycles. The van der Waals surface area contributed by atoms with Gasteiger partial charge in [-0.15, -0.1) is 0 Å². The Bertz CT molecular complexity index is 168. The summed E-state index contributed by atoms with van der Waals surface area (Å²) in [4.78, 5) is 10.1. The van der Waals surface area contributed by atoms with Crippen molar-refractivity contribution < 1.29 is 14.0 Å². The molecule has 0 atom stereocenters. The summed E-state index contributed by atoms with van der Waals surface area (Å²) < 4.78 is 6.02. The summed E-state index contributed by atoms with van der Waals surface area (Å²) in [6, 6.07) is 0. The highest BCUT2D eigenvalue weighted by atomic mass is 16.5. The standard InChI is InChI=1S/C9H18NO2/c1-9(7-11)8-12-6-5-10(2,3)4/h7-8H,5-6H2,1-4H3/q+1/b9-8-. The van der Waals surface area contributed by atoms with Crippen molar-refractivity contribution in [3.8, 4) is 0 Å². The summed E-state index contributed by atoms with van der Waals surface area (Å²) >= 11 is 0. The van der Waals surface area contributed by atoms with E-state index in [1.807, 2.05) is 0 Å². The third-order valence-corrected chi connectivity index (χ3v) is 1.34. The van der Waals surface area contributed by atoms with Gasteiger partial charge in [0.2, 0.25) is 0 Å². The van der Waals surface area contributed by atoms with Crippen LogP contribution in [-0.2, 0) is 9.53 Å². The van der Waals surface area contributed by atoms with Crippen molar-refractivity contribution in [3.63, 3.8) is 0 Å². The van der Waals surface area contributed by atoms with Gasteiger partial charge in [0.25, 0.3) is 0 Å². The zero-order valence-corrected chi connectivity index (χ0v) is 8.33. The second-order valence-electron chi connectivity index (χ2n) is 3.86. The summed E-state index contributed by atoms with van der Waals surface area (Å²) in [7, 11) is 6.29. The van der Waals surface area contributed by atoms with Gasteiger partial charge in [0, 0.05) is 5.57 Å². The Morgan fingerprint density at radius 3 is 2.42 bits per heavy atom. The van der Waals surface area contributed by atoms with Crippen LogP contribution in [0.4, 0.5) is 0 Å². The smallest absolute Gasteiger partial charge is 0.148 e. The predicted molar refractivity (Wildman–Crippen MR) is 48.7 cm³/mol. The molecule has 0 aliphatic heterocycles. The third kappa shape index (κ3) is 7.28. The van der Waals surface area contributed by atoms with Crippen LogP contribution < -0.4 is 0 Å². The molecule has 0 aliphatic rings. The Hall–Kier alpha value is -0.830. The van der Waals surface area contributed by atoms with Crippen LogP contribution in [0.5, 0.6) is 0 Å². The number of hydrogen-bond donors (Lipinski definition) is 0. The number of carbonyl (C=O) groups is 1. The van der Waals surface area contributed by atoms with Crippen LogP contribution >= 0.6 is 0 Å². The predicted octanol–water partition coefficient (Wildman–Crippen LogP) is 0.812. The molecule has 12 heavy (non-hydrogen) atoms. The van der Waals surface area contributed by atoms with Crippen molar-refractivity contribution in [2.24, 2.45) is 0 Å². The van der Waals surface area contributed by atoms with E-state index in [1.54, 1.807) is 6.92 Å². The molecule has 0 radical (unpaired) electrons. The monoisotopic (exact) mass is 172 g/mol. The average Bonchev–Trinajstić information content (AvgIpc) is 1.96. The maximum absolute atomic E-state index is 10.1. The molecular weight excluding hydrogens is 154 g/mol. The number of ether oxygens (including phenoxy) is 1. The lowest BCUT2D eigenvalue weighted by Crippen LogP contribution is -2.37. The second-order valence-corrected chi connectivity index (χ2v) is 3.86. The van der Waals surface area contributed by atoms with Crippen LogP contribution in [0.25, 0.3) is 0 Å². The molecule has 3 nitrogen and oxygen atoms in total. The lowest BCUT2D eigenvalue weighted by molar-refractivity contribution is -0.870. The van der Waals surface area contributed by atoms with E-state index >= 15 is 0 Å². The highest BCUT2D eigenvalue weighted by molar-refractivity contribution is 5.71. The number of likely N-dealkylation sites (N-methyl/N-ethyl adjacent to an activating group) is 1. The van der Waals surface area contributed by atoms with E-state index < -0.39 is 0 Å². The molecule has 0 rings (SSSR count). The Balaban J connectivity index is 3.52. The van der Waals surface area contributed by atoms with Crippen molar-refractivity contribution >= 4 is 6.29 Å². The fourth-order valence-corrected chi connectivity index (χ4v) is 0.545. The van der Waals surface area contributed by atoms with Gasteiger partial charge >= 0.3 is 0 Å². The Morgan fingerprint density at radius 2 is 2.00 bits per heavy atom. The maximum Gasteiger partial charge on any atom is 0.148 e. The van der Waals surface area contributed by atoms with E-state index in [2.05, 4.69) is 21.1 Å². The first-order chi connectivity index (χ1) is 5.45. The topological polar surface area (TPSA) is 26.3 Å². The lowest BCUT2D eigenvalue weighted by atomic mass is 10.4. The molecule has 0 amide bonds. The molecule has 70 valence electrons. The molecule has 3 heteroatoms. The van der Waals surface area contributed by atoms with Gasteiger partial charge in [-0.2, -0.15) is 0 Å². The van der Waals surface area contributed by atoms with Gasteiger partial charge in [-0.25, -0.2) is 0 Å². The van der Waals surface area contributed by atoms with E-state index in [-0.39, 0.29) is 0 Å². The first kappa shape index (κ1) is 11.2. The van der Waals surface area contributed by atoms with Gasteiger partial charge in [0.1, 0.15) is 19.4 Å². The number of quaternary nitrogens is 1. The summed E-state index contributed by atoms with van der Waals surface area (Å²) in [6.07, 6.45) is 2.29. The molecule has 0 saturated carbocycles. The van der Waals surface area contributed by atoms with Crippen LogP contribution in [-0.4, -0.2) is 45.1 Å². The number of rotatable bonds is 5. The number of allylic oxidation sites excluding steroid dienone is 1. The SMILES string of the molecule is C/C(C=O)=C/OCC[N+](C)(C)C. The number of nitrogens with zero attached hydrogens (tertiary/aromatic N) is 1. The summed E-state index contributed by atoms with van der Waals surface area (Å²) in [5.41, 5.74) is 0.622. The molecule has 0 aliphatic carbocycles. The lowest BCUT2D eigenvalue weighted by Gasteiger charge is -2.23. The summed E-state index contributed by atoms with van der Waals surface area (Å²) in [5, 5.41) is 0. The minimum Gasteiger partial charge on any atom is -0.495 e. The summed E-state index contributed by atoms with van der Waals surface area (Å²) in [6.45, 7) is 3.30. The van der Waals surface area contributed by atoms with E-state index in [9.17, 15) is 4.79 Å². The maximum atomic E-state index is 10.1. The van der Waals surface area contributed by atoms with Gasteiger partial charge in [-0.05, 0) is 6.92 Å². The number of hydrogen-bond acceptors (Lipinski definition) is 2. The fourth-order valence-electron chi connectivity index (χ4n) is 0.545. The van der Waals surface area contributed by atoms with E-state index in [0.29, 0.717) is 12.2 Å². The van der Waals surface area contributed by atoms with E-state index in [1.165, 1.54) is 6.26 Å². The van der Waals surface area contributed by atoms with E-state index in [0.717, 1.165) is 17.3 Å². The molecule has 0 unspecified atom stereocenters. The summed E-state index contributed by atoms with van der Waals surface area (Å²) in [5.74, 6) is 0. The number of carbonyl (C=O) groups excluding carboxylic acids is 1.